The van der Waals surface area contributed by atoms with Crippen molar-refractivity contribution in [3.05, 3.63) is 24.3 Å². The molecule has 0 radical (unpaired) electrons. The average Bonchev–Trinajstić information content (AvgIpc) is 2.99. The van der Waals surface area contributed by atoms with Crippen LogP contribution in [0.4, 0.5) is 11.4 Å². The van der Waals surface area contributed by atoms with Crippen LogP contribution in [0.3, 0.4) is 0 Å². The average molecular weight is 275 g/mol. The van der Waals surface area contributed by atoms with Crippen LogP contribution in [0.15, 0.2) is 24.3 Å². The maximum atomic E-state index is 12.0. The summed E-state index contributed by atoms with van der Waals surface area (Å²) in [4.78, 5) is 14.4. The molecule has 1 saturated heterocycles. The highest BCUT2D eigenvalue weighted by atomic mass is 16.1. The molecule has 20 heavy (non-hydrogen) atoms. The molecule has 4 heteroatoms. The molecule has 1 aliphatic heterocycles. The third-order valence-corrected chi connectivity index (χ3v) is 3.85. The summed E-state index contributed by atoms with van der Waals surface area (Å²) in [5, 5.41) is 6.24. The van der Waals surface area contributed by atoms with Crippen LogP contribution in [-0.2, 0) is 4.79 Å². The quantitative estimate of drug-likeness (QED) is 0.839. The van der Waals surface area contributed by atoms with Crippen molar-refractivity contribution in [1.29, 1.82) is 0 Å². The van der Waals surface area contributed by atoms with Crippen molar-refractivity contribution in [3.63, 3.8) is 0 Å². The van der Waals surface area contributed by atoms with Crippen LogP contribution < -0.4 is 15.5 Å². The van der Waals surface area contributed by atoms with Gasteiger partial charge in [0.2, 0.25) is 5.91 Å². The molecule has 1 heterocycles. The number of amides is 1. The second kappa shape index (κ2) is 7.29. The first-order valence-electron chi connectivity index (χ1n) is 7.58. The minimum Gasteiger partial charge on any atom is -0.370 e. The van der Waals surface area contributed by atoms with E-state index in [-0.39, 0.29) is 5.91 Å². The molecule has 1 atom stereocenters. The van der Waals surface area contributed by atoms with Crippen LogP contribution in [-0.4, -0.2) is 31.6 Å². The number of nitrogens with one attached hydrogen (secondary N) is 2. The predicted octanol–water partition coefficient (Wildman–Crippen LogP) is 2.61. The van der Waals surface area contributed by atoms with Gasteiger partial charge >= 0.3 is 0 Å². The third-order valence-electron chi connectivity index (χ3n) is 3.85. The molecular formula is C16H25N3O. The molecule has 1 aliphatic rings. The molecule has 1 amide bonds. The van der Waals surface area contributed by atoms with Gasteiger partial charge in [-0.15, -0.1) is 0 Å². The number of rotatable bonds is 6. The molecule has 1 fully saturated rings. The van der Waals surface area contributed by atoms with E-state index in [4.69, 9.17) is 0 Å². The van der Waals surface area contributed by atoms with Gasteiger partial charge in [-0.2, -0.15) is 0 Å². The van der Waals surface area contributed by atoms with Gasteiger partial charge in [0.15, 0.2) is 0 Å². The van der Waals surface area contributed by atoms with Crippen LogP contribution in [0.5, 0.6) is 0 Å². The lowest BCUT2D eigenvalue weighted by atomic mass is 10.2. The predicted molar refractivity (Wildman–Crippen MR) is 84.3 cm³/mol. The fourth-order valence-corrected chi connectivity index (χ4v) is 2.42. The van der Waals surface area contributed by atoms with Gasteiger partial charge in [-0.25, -0.2) is 0 Å². The van der Waals surface area contributed by atoms with E-state index in [0.717, 1.165) is 30.9 Å². The summed E-state index contributed by atoms with van der Waals surface area (Å²) < 4.78 is 0. The van der Waals surface area contributed by atoms with E-state index in [1.807, 2.05) is 18.2 Å². The normalized spacial score (nSPS) is 16.2. The first-order chi connectivity index (χ1) is 9.70. The van der Waals surface area contributed by atoms with Crippen molar-refractivity contribution < 1.29 is 4.79 Å². The molecule has 0 aliphatic carbocycles. The topological polar surface area (TPSA) is 44.4 Å². The molecule has 1 aromatic carbocycles. The number of carbonyl (C=O) groups is 1. The molecule has 1 aromatic rings. The first-order valence-corrected chi connectivity index (χ1v) is 7.58. The number of para-hydroxylation sites is 2. The fourth-order valence-electron chi connectivity index (χ4n) is 2.42. The monoisotopic (exact) mass is 275 g/mol. The Labute approximate surface area is 121 Å². The second-order valence-electron chi connectivity index (χ2n) is 5.45. The molecular weight excluding hydrogens is 250 g/mol. The highest BCUT2D eigenvalue weighted by molar-refractivity contribution is 5.95. The lowest BCUT2D eigenvalue weighted by Crippen LogP contribution is -2.34. The molecule has 0 spiro atoms. The minimum absolute atomic E-state index is 0.0250. The number of carbonyl (C=O) groups excluding carboxylic acids is 1. The van der Waals surface area contributed by atoms with Gasteiger partial charge in [-0.3, -0.25) is 4.79 Å². The Morgan fingerprint density at radius 2 is 2.00 bits per heavy atom. The third kappa shape index (κ3) is 3.97. The summed E-state index contributed by atoms with van der Waals surface area (Å²) >= 11 is 0. The number of nitrogens with zero attached hydrogens (tertiary/aromatic N) is 1. The number of anilines is 2. The van der Waals surface area contributed by atoms with E-state index < -0.39 is 0 Å². The highest BCUT2D eigenvalue weighted by Crippen LogP contribution is 2.28. The maximum absolute atomic E-state index is 12.0. The van der Waals surface area contributed by atoms with Gasteiger partial charge in [-0.1, -0.05) is 19.1 Å². The van der Waals surface area contributed by atoms with Gasteiger partial charge < -0.3 is 15.5 Å². The summed E-state index contributed by atoms with van der Waals surface area (Å²) in [6.07, 6.45) is 3.49. The molecule has 0 bridgehead atoms. The van der Waals surface area contributed by atoms with Crippen molar-refractivity contribution in [1.82, 2.24) is 5.32 Å². The van der Waals surface area contributed by atoms with Crippen LogP contribution in [0.1, 0.15) is 33.1 Å². The van der Waals surface area contributed by atoms with Gasteiger partial charge in [-0.05, 0) is 38.3 Å². The SMILES string of the molecule is CCC(C)NCC(=O)Nc1ccccc1N1CCCC1. The van der Waals surface area contributed by atoms with Crippen molar-refractivity contribution in [3.8, 4) is 0 Å². The largest absolute Gasteiger partial charge is 0.370 e. The Bertz CT molecular complexity index is 441. The Hall–Kier alpha value is -1.55. The fraction of sp³-hybridized carbons (Fsp3) is 0.562. The van der Waals surface area contributed by atoms with Gasteiger partial charge in [0.1, 0.15) is 0 Å². The molecule has 4 nitrogen and oxygen atoms in total. The molecule has 1 unspecified atom stereocenters. The highest BCUT2D eigenvalue weighted by Gasteiger charge is 2.16. The lowest BCUT2D eigenvalue weighted by Gasteiger charge is -2.21. The Morgan fingerprint density at radius 1 is 1.30 bits per heavy atom. The zero-order valence-corrected chi connectivity index (χ0v) is 12.5. The molecule has 110 valence electrons. The number of hydrogen-bond acceptors (Lipinski definition) is 3. The van der Waals surface area contributed by atoms with E-state index in [0.29, 0.717) is 12.6 Å². The molecule has 2 rings (SSSR count). The smallest absolute Gasteiger partial charge is 0.238 e. The zero-order chi connectivity index (χ0) is 14.4. The summed E-state index contributed by atoms with van der Waals surface area (Å²) in [6, 6.07) is 8.44. The van der Waals surface area contributed by atoms with E-state index in [9.17, 15) is 4.79 Å². The van der Waals surface area contributed by atoms with Gasteiger partial charge in [0.25, 0.3) is 0 Å². The van der Waals surface area contributed by atoms with E-state index in [2.05, 4.69) is 35.4 Å². The van der Waals surface area contributed by atoms with Crippen molar-refractivity contribution in [2.24, 2.45) is 0 Å². The zero-order valence-electron chi connectivity index (χ0n) is 12.5. The summed E-state index contributed by atoms with van der Waals surface area (Å²) in [5.41, 5.74) is 2.06. The van der Waals surface area contributed by atoms with Gasteiger partial charge in [0, 0.05) is 19.1 Å². The van der Waals surface area contributed by atoms with Crippen LogP contribution in [0.25, 0.3) is 0 Å². The summed E-state index contributed by atoms with van der Waals surface area (Å²) in [6.45, 7) is 6.73. The Morgan fingerprint density at radius 3 is 2.70 bits per heavy atom. The Balaban J connectivity index is 1.96. The molecule has 0 aromatic heterocycles. The summed E-state index contributed by atoms with van der Waals surface area (Å²) in [5.74, 6) is 0.0250. The van der Waals surface area contributed by atoms with Crippen LogP contribution in [0, 0.1) is 0 Å². The first kappa shape index (κ1) is 14.9. The van der Waals surface area contributed by atoms with Crippen molar-refractivity contribution in [2.45, 2.75) is 39.2 Å². The second-order valence-corrected chi connectivity index (χ2v) is 5.45. The van der Waals surface area contributed by atoms with Crippen LogP contribution >= 0.6 is 0 Å². The van der Waals surface area contributed by atoms with E-state index in [1.54, 1.807) is 0 Å². The maximum Gasteiger partial charge on any atom is 0.238 e. The van der Waals surface area contributed by atoms with E-state index >= 15 is 0 Å². The number of hydrogen-bond donors (Lipinski definition) is 2. The standard InChI is InChI=1S/C16H25N3O/c1-3-13(2)17-12-16(20)18-14-8-4-5-9-15(14)19-10-6-7-11-19/h4-5,8-9,13,17H,3,6-7,10-12H2,1-2H3,(H,18,20). The summed E-state index contributed by atoms with van der Waals surface area (Å²) in [7, 11) is 0. The van der Waals surface area contributed by atoms with Gasteiger partial charge in [0.05, 0.1) is 17.9 Å². The molecule has 0 saturated carbocycles. The lowest BCUT2D eigenvalue weighted by molar-refractivity contribution is -0.115. The Kier molecular flexibility index (Phi) is 5.41. The minimum atomic E-state index is 0.0250. The van der Waals surface area contributed by atoms with Crippen molar-refractivity contribution >= 4 is 17.3 Å². The van der Waals surface area contributed by atoms with Crippen LogP contribution in [0.2, 0.25) is 0 Å². The number of benzene rings is 1. The van der Waals surface area contributed by atoms with E-state index in [1.165, 1.54) is 12.8 Å². The molecule has 2 N–H and O–H groups in total. The van der Waals surface area contributed by atoms with Crippen molar-refractivity contribution in [2.75, 3.05) is 29.9 Å².